The van der Waals surface area contributed by atoms with Crippen LogP contribution in [-0.2, 0) is 13.0 Å². The Labute approximate surface area is 138 Å². The van der Waals surface area contributed by atoms with Crippen molar-refractivity contribution in [1.82, 2.24) is 19.7 Å². The maximum absolute atomic E-state index is 13.3. The van der Waals surface area contributed by atoms with Crippen molar-refractivity contribution in [2.24, 2.45) is 0 Å². The molecule has 0 saturated carbocycles. The van der Waals surface area contributed by atoms with Gasteiger partial charge in [-0.3, -0.25) is 0 Å². The summed E-state index contributed by atoms with van der Waals surface area (Å²) >= 11 is 0. The minimum atomic E-state index is -0.305. The second-order valence-corrected chi connectivity index (χ2v) is 6.62. The van der Waals surface area contributed by atoms with Crippen molar-refractivity contribution in [3.8, 4) is 0 Å². The van der Waals surface area contributed by atoms with Crippen LogP contribution in [0.3, 0.4) is 0 Å². The quantitative estimate of drug-likeness (QED) is 0.724. The van der Waals surface area contributed by atoms with Crippen molar-refractivity contribution in [2.45, 2.75) is 38.1 Å². The zero-order valence-electron chi connectivity index (χ0n) is 13.3. The van der Waals surface area contributed by atoms with Crippen molar-refractivity contribution in [2.75, 3.05) is 18.0 Å². The highest BCUT2D eigenvalue weighted by Gasteiger charge is 2.30. The number of hydrogen-bond acceptors (Lipinski definition) is 5. The molecule has 0 bridgehead atoms. The van der Waals surface area contributed by atoms with Crippen molar-refractivity contribution in [3.05, 3.63) is 35.7 Å². The summed E-state index contributed by atoms with van der Waals surface area (Å²) in [5.74, 6) is 2.24. The molecule has 0 N–H and O–H groups in total. The Morgan fingerprint density at radius 1 is 1.17 bits per heavy atom. The molecule has 24 heavy (non-hydrogen) atoms. The van der Waals surface area contributed by atoms with Crippen molar-refractivity contribution in [1.29, 1.82) is 0 Å². The summed E-state index contributed by atoms with van der Waals surface area (Å²) in [7, 11) is 0. The van der Waals surface area contributed by atoms with Gasteiger partial charge in [0.25, 0.3) is 6.01 Å². The number of nitrogens with zero attached hydrogens (tertiary/aromatic N) is 5. The maximum Gasteiger partial charge on any atom is 0.298 e. The second kappa shape index (κ2) is 5.29. The molecular formula is C17H18FN5O. The number of aromatic nitrogens is 4. The number of fused-ring (bicyclic) bond motifs is 2. The van der Waals surface area contributed by atoms with Crippen molar-refractivity contribution >= 4 is 17.1 Å². The monoisotopic (exact) mass is 327 g/mol. The molecule has 4 heterocycles. The molecule has 0 amide bonds. The maximum atomic E-state index is 13.3. The first-order valence-electron chi connectivity index (χ1n) is 8.51. The zero-order chi connectivity index (χ0) is 16.1. The van der Waals surface area contributed by atoms with E-state index in [1.807, 2.05) is 0 Å². The first-order valence-corrected chi connectivity index (χ1v) is 8.51. The van der Waals surface area contributed by atoms with Crippen LogP contribution in [0.2, 0.25) is 0 Å². The lowest BCUT2D eigenvalue weighted by molar-refractivity contribution is 0.445. The number of aryl methyl sites for hydroxylation is 1. The molecule has 0 radical (unpaired) electrons. The van der Waals surface area contributed by atoms with E-state index in [0.717, 1.165) is 57.0 Å². The molecule has 1 saturated heterocycles. The Hall–Kier alpha value is -2.44. The van der Waals surface area contributed by atoms with Gasteiger partial charge in [0.1, 0.15) is 23.0 Å². The van der Waals surface area contributed by atoms with Gasteiger partial charge in [-0.25, -0.2) is 4.39 Å². The molecule has 2 aliphatic heterocycles. The minimum absolute atomic E-state index is 0.305. The average Bonchev–Trinajstić information content (AvgIpc) is 3.29. The van der Waals surface area contributed by atoms with E-state index in [2.05, 4.69) is 24.6 Å². The van der Waals surface area contributed by atoms with Crippen LogP contribution in [0.5, 0.6) is 0 Å². The summed E-state index contributed by atoms with van der Waals surface area (Å²) in [6.07, 6.45) is 4.34. The van der Waals surface area contributed by atoms with E-state index in [9.17, 15) is 4.39 Å². The number of benzene rings is 1. The number of oxazole rings is 1. The lowest BCUT2D eigenvalue weighted by Gasteiger charge is -2.31. The molecule has 6 nitrogen and oxygen atoms in total. The molecular weight excluding hydrogens is 309 g/mol. The second-order valence-electron chi connectivity index (χ2n) is 6.62. The van der Waals surface area contributed by atoms with Crippen molar-refractivity contribution in [3.63, 3.8) is 0 Å². The van der Waals surface area contributed by atoms with Gasteiger partial charge in [-0.15, -0.1) is 10.2 Å². The molecule has 0 aliphatic carbocycles. The lowest BCUT2D eigenvalue weighted by atomic mass is 9.97. The molecule has 1 aromatic carbocycles. The van der Waals surface area contributed by atoms with E-state index < -0.39 is 0 Å². The van der Waals surface area contributed by atoms with Gasteiger partial charge in [0, 0.05) is 38.0 Å². The highest BCUT2D eigenvalue weighted by atomic mass is 19.1. The van der Waals surface area contributed by atoms with Crippen LogP contribution in [0.25, 0.3) is 11.1 Å². The number of halogens is 1. The van der Waals surface area contributed by atoms with E-state index in [1.54, 1.807) is 6.07 Å². The predicted molar refractivity (Wildman–Crippen MR) is 86.5 cm³/mol. The van der Waals surface area contributed by atoms with Gasteiger partial charge >= 0.3 is 0 Å². The predicted octanol–water partition coefficient (Wildman–Crippen LogP) is 2.89. The van der Waals surface area contributed by atoms with Gasteiger partial charge < -0.3 is 13.9 Å². The third kappa shape index (κ3) is 2.18. The summed E-state index contributed by atoms with van der Waals surface area (Å²) in [4.78, 5) is 6.66. The molecule has 7 heteroatoms. The van der Waals surface area contributed by atoms with Crippen LogP contribution in [0.1, 0.15) is 36.8 Å². The molecule has 1 unspecified atom stereocenters. The van der Waals surface area contributed by atoms with Crippen LogP contribution in [0, 0.1) is 5.82 Å². The molecule has 0 spiro atoms. The molecule has 2 aliphatic rings. The van der Waals surface area contributed by atoms with Crippen LogP contribution in [-0.4, -0.2) is 32.8 Å². The largest absolute Gasteiger partial charge is 0.423 e. The third-order valence-electron chi connectivity index (χ3n) is 5.03. The van der Waals surface area contributed by atoms with Gasteiger partial charge in [0.15, 0.2) is 5.58 Å². The fourth-order valence-corrected chi connectivity index (χ4v) is 3.86. The van der Waals surface area contributed by atoms with Crippen LogP contribution in [0.4, 0.5) is 10.4 Å². The molecule has 5 rings (SSSR count). The van der Waals surface area contributed by atoms with E-state index in [0.29, 0.717) is 23.0 Å². The van der Waals surface area contributed by atoms with Crippen LogP contribution in [0.15, 0.2) is 22.6 Å². The third-order valence-corrected chi connectivity index (χ3v) is 5.03. The highest BCUT2D eigenvalue weighted by Crippen LogP contribution is 2.32. The van der Waals surface area contributed by atoms with Gasteiger partial charge in [-0.2, -0.15) is 4.98 Å². The summed E-state index contributed by atoms with van der Waals surface area (Å²) in [6, 6.07) is 5.03. The number of hydrogen-bond donors (Lipinski definition) is 0. The van der Waals surface area contributed by atoms with E-state index in [4.69, 9.17) is 4.42 Å². The van der Waals surface area contributed by atoms with E-state index in [1.165, 1.54) is 12.1 Å². The summed E-state index contributed by atoms with van der Waals surface area (Å²) in [5, 5.41) is 8.76. The highest BCUT2D eigenvalue weighted by molar-refractivity contribution is 5.74. The Morgan fingerprint density at radius 3 is 3.08 bits per heavy atom. The fraction of sp³-hybridized carbons (Fsp3) is 0.471. The van der Waals surface area contributed by atoms with Crippen molar-refractivity contribution < 1.29 is 8.81 Å². The Morgan fingerprint density at radius 2 is 2.12 bits per heavy atom. The van der Waals surface area contributed by atoms with Crippen LogP contribution < -0.4 is 4.90 Å². The zero-order valence-corrected chi connectivity index (χ0v) is 13.3. The Balaban J connectivity index is 1.43. The average molecular weight is 327 g/mol. The van der Waals surface area contributed by atoms with Gasteiger partial charge in [-0.05, 0) is 31.4 Å². The summed E-state index contributed by atoms with van der Waals surface area (Å²) in [5.41, 5.74) is 1.19. The molecule has 3 aromatic rings. The smallest absolute Gasteiger partial charge is 0.298 e. The molecule has 1 fully saturated rings. The Bertz CT molecular complexity index is 902. The summed E-state index contributed by atoms with van der Waals surface area (Å²) < 4.78 is 21.4. The van der Waals surface area contributed by atoms with Gasteiger partial charge in [0.2, 0.25) is 0 Å². The molecule has 2 aromatic heterocycles. The normalized spacial score (nSPS) is 20.7. The first kappa shape index (κ1) is 13.9. The first-order chi connectivity index (χ1) is 11.8. The van der Waals surface area contributed by atoms with Gasteiger partial charge in [-0.1, -0.05) is 0 Å². The molecule has 1 atom stereocenters. The number of anilines is 1. The number of piperidine rings is 1. The standard InChI is InChI=1S/C17H18FN5O/c18-12-5-6-13-14(9-12)24-17(19-13)22-7-1-3-11(10-22)16-21-20-15-4-2-8-23(15)16/h5-6,9,11H,1-4,7-8,10H2. The Kier molecular flexibility index (Phi) is 3.08. The van der Waals surface area contributed by atoms with E-state index in [-0.39, 0.29) is 5.82 Å². The van der Waals surface area contributed by atoms with Crippen LogP contribution >= 0.6 is 0 Å². The van der Waals surface area contributed by atoms with E-state index >= 15 is 0 Å². The molecule has 124 valence electrons. The topological polar surface area (TPSA) is 60.0 Å². The number of rotatable bonds is 2. The SMILES string of the molecule is Fc1ccc2nc(N3CCCC(c4nnc5n4CCC5)C3)oc2c1. The summed E-state index contributed by atoms with van der Waals surface area (Å²) in [6.45, 7) is 2.73. The lowest BCUT2D eigenvalue weighted by Crippen LogP contribution is -2.35. The fourth-order valence-electron chi connectivity index (χ4n) is 3.86. The van der Waals surface area contributed by atoms with Gasteiger partial charge in [0.05, 0.1) is 0 Å². The minimum Gasteiger partial charge on any atom is -0.423 e.